The molecule has 1 unspecified atom stereocenters. The molecule has 0 fully saturated rings. The second kappa shape index (κ2) is 5.81. The Morgan fingerprint density at radius 1 is 1.28 bits per heavy atom. The molecule has 102 valence electrons. The molecule has 18 heavy (non-hydrogen) atoms. The van der Waals surface area contributed by atoms with E-state index in [9.17, 15) is 9.50 Å². The van der Waals surface area contributed by atoms with Crippen LogP contribution in [-0.4, -0.2) is 17.8 Å². The minimum atomic E-state index is -0.988. The summed E-state index contributed by atoms with van der Waals surface area (Å²) in [4.78, 5) is 0. The number of halogens is 1. The molecular weight excluding hydrogens is 231 g/mol. The van der Waals surface area contributed by atoms with E-state index in [0.29, 0.717) is 24.8 Å². The highest BCUT2D eigenvalue weighted by Gasteiger charge is 2.30. The predicted octanol–water partition coefficient (Wildman–Crippen LogP) is 3.63. The lowest BCUT2D eigenvalue weighted by molar-refractivity contribution is -0.0307. The first-order valence-electron chi connectivity index (χ1n) is 6.36. The van der Waals surface area contributed by atoms with Gasteiger partial charge in [-0.3, -0.25) is 0 Å². The molecule has 1 N–H and O–H groups in total. The Bertz CT molecular complexity index is 390. The molecule has 0 saturated carbocycles. The molecule has 1 aromatic rings. The molecule has 0 aromatic heterocycles. The molecule has 0 aliphatic heterocycles. The number of ether oxygens (including phenoxy) is 1. The summed E-state index contributed by atoms with van der Waals surface area (Å²) in [6, 6.07) is 6.20. The van der Waals surface area contributed by atoms with Crippen molar-refractivity contribution >= 4 is 0 Å². The van der Waals surface area contributed by atoms with Crippen molar-refractivity contribution in [1.82, 2.24) is 0 Å². The highest BCUT2D eigenvalue weighted by atomic mass is 19.1. The van der Waals surface area contributed by atoms with Crippen LogP contribution in [-0.2, 0) is 10.3 Å². The highest BCUT2D eigenvalue weighted by molar-refractivity contribution is 5.23. The Labute approximate surface area is 109 Å². The van der Waals surface area contributed by atoms with Gasteiger partial charge in [0.05, 0.1) is 11.2 Å². The molecule has 1 aromatic carbocycles. The summed E-state index contributed by atoms with van der Waals surface area (Å²) in [5.41, 5.74) is -0.633. The molecule has 0 aliphatic rings. The van der Waals surface area contributed by atoms with E-state index < -0.39 is 5.60 Å². The minimum absolute atomic E-state index is 0.281. The van der Waals surface area contributed by atoms with Gasteiger partial charge in [0.2, 0.25) is 0 Å². The predicted molar refractivity (Wildman–Crippen MR) is 70.9 cm³/mol. The van der Waals surface area contributed by atoms with E-state index in [-0.39, 0.29) is 11.4 Å². The zero-order valence-electron chi connectivity index (χ0n) is 11.7. The number of rotatable bonds is 6. The lowest BCUT2D eigenvalue weighted by Gasteiger charge is -2.32. The van der Waals surface area contributed by atoms with Crippen LogP contribution in [0.1, 0.15) is 45.6 Å². The lowest BCUT2D eigenvalue weighted by atomic mass is 9.83. The number of methoxy groups -OCH3 is 1. The standard InChI is InChI=1S/C15H23FO2/c1-5-15(17,10-9-14(2,3)18-4)12-7-6-8-13(16)11-12/h6-8,11,17H,5,9-10H2,1-4H3. The normalized spacial score (nSPS) is 15.4. The Morgan fingerprint density at radius 2 is 1.94 bits per heavy atom. The Kier molecular flexibility index (Phi) is 4.88. The van der Waals surface area contributed by atoms with Gasteiger partial charge in [-0.05, 0) is 50.8 Å². The third kappa shape index (κ3) is 3.79. The largest absolute Gasteiger partial charge is 0.385 e. The molecule has 0 radical (unpaired) electrons. The van der Waals surface area contributed by atoms with E-state index in [1.165, 1.54) is 12.1 Å². The fourth-order valence-electron chi connectivity index (χ4n) is 1.91. The van der Waals surface area contributed by atoms with E-state index >= 15 is 0 Å². The van der Waals surface area contributed by atoms with Gasteiger partial charge >= 0.3 is 0 Å². The molecule has 1 atom stereocenters. The van der Waals surface area contributed by atoms with E-state index in [1.54, 1.807) is 19.2 Å². The number of hydrogen-bond donors (Lipinski definition) is 1. The first kappa shape index (κ1) is 15.1. The van der Waals surface area contributed by atoms with Crippen LogP contribution in [0.4, 0.5) is 4.39 Å². The maximum absolute atomic E-state index is 13.2. The van der Waals surface area contributed by atoms with Gasteiger partial charge in [0, 0.05) is 7.11 Å². The van der Waals surface area contributed by atoms with Gasteiger partial charge in [-0.15, -0.1) is 0 Å². The van der Waals surface area contributed by atoms with Gasteiger partial charge in [-0.2, -0.15) is 0 Å². The summed E-state index contributed by atoms with van der Waals surface area (Å²) in [6.45, 7) is 5.87. The van der Waals surface area contributed by atoms with Crippen LogP contribution < -0.4 is 0 Å². The third-order valence-electron chi connectivity index (χ3n) is 3.64. The maximum Gasteiger partial charge on any atom is 0.123 e. The fourth-order valence-corrected chi connectivity index (χ4v) is 1.91. The van der Waals surface area contributed by atoms with Crippen molar-refractivity contribution < 1.29 is 14.2 Å². The maximum atomic E-state index is 13.2. The molecular formula is C15H23FO2. The second-order valence-corrected chi connectivity index (χ2v) is 5.36. The van der Waals surface area contributed by atoms with Gasteiger partial charge in [0.15, 0.2) is 0 Å². The lowest BCUT2D eigenvalue weighted by Crippen LogP contribution is -2.30. The third-order valence-corrected chi connectivity index (χ3v) is 3.64. The van der Waals surface area contributed by atoms with Crippen molar-refractivity contribution in [2.45, 2.75) is 51.2 Å². The van der Waals surface area contributed by atoms with Gasteiger partial charge in [-0.25, -0.2) is 4.39 Å². The molecule has 0 heterocycles. The summed E-state index contributed by atoms with van der Waals surface area (Å²) in [5.74, 6) is -0.314. The van der Waals surface area contributed by atoms with Crippen molar-refractivity contribution in [1.29, 1.82) is 0 Å². The van der Waals surface area contributed by atoms with E-state index in [1.807, 2.05) is 20.8 Å². The summed E-state index contributed by atoms with van der Waals surface area (Å²) >= 11 is 0. The average molecular weight is 254 g/mol. The molecule has 0 amide bonds. The SMILES string of the molecule is CCC(O)(CCC(C)(C)OC)c1cccc(F)c1. The molecule has 0 aliphatic carbocycles. The van der Waals surface area contributed by atoms with Crippen LogP contribution >= 0.6 is 0 Å². The molecule has 3 heteroatoms. The van der Waals surface area contributed by atoms with Crippen molar-refractivity contribution in [2.24, 2.45) is 0 Å². The average Bonchev–Trinajstić information content (AvgIpc) is 2.36. The van der Waals surface area contributed by atoms with Crippen molar-refractivity contribution in [3.8, 4) is 0 Å². The highest BCUT2D eigenvalue weighted by Crippen LogP contribution is 2.33. The van der Waals surface area contributed by atoms with Crippen LogP contribution in [0.25, 0.3) is 0 Å². The Hall–Kier alpha value is -0.930. The van der Waals surface area contributed by atoms with Gasteiger partial charge in [0.25, 0.3) is 0 Å². The number of benzene rings is 1. The zero-order chi connectivity index (χ0) is 13.8. The molecule has 0 bridgehead atoms. The second-order valence-electron chi connectivity index (χ2n) is 5.36. The van der Waals surface area contributed by atoms with E-state index in [0.717, 1.165) is 0 Å². The van der Waals surface area contributed by atoms with Gasteiger partial charge in [0.1, 0.15) is 5.82 Å². The quantitative estimate of drug-likeness (QED) is 0.840. The first-order valence-corrected chi connectivity index (χ1v) is 6.36. The fraction of sp³-hybridized carbons (Fsp3) is 0.600. The summed E-state index contributed by atoms with van der Waals surface area (Å²) in [5, 5.41) is 10.7. The van der Waals surface area contributed by atoms with Crippen LogP contribution in [0.5, 0.6) is 0 Å². The monoisotopic (exact) mass is 254 g/mol. The molecule has 1 rings (SSSR count). The minimum Gasteiger partial charge on any atom is -0.385 e. The summed E-state index contributed by atoms with van der Waals surface area (Å²) < 4.78 is 18.6. The van der Waals surface area contributed by atoms with Crippen LogP contribution in [0, 0.1) is 5.82 Å². The first-order chi connectivity index (χ1) is 8.33. The molecule has 2 nitrogen and oxygen atoms in total. The summed E-state index contributed by atoms with van der Waals surface area (Å²) in [6.07, 6.45) is 1.81. The Balaban J connectivity index is 2.86. The van der Waals surface area contributed by atoms with E-state index in [4.69, 9.17) is 4.74 Å². The zero-order valence-corrected chi connectivity index (χ0v) is 11.7. The smallest absolute Gasteiger partial charge is 0.123 e. The molecule has 0 saturated heterocycles. The molecule has 0 spiro atoms. The topological polar surface area (TPSA) is 29.5 Å². The van der Waals surface area contributed by atoms with Crippen molar-refractivity contribution in [3.63, 3.8) is 0 Å². The van der Waals surface area contributed by atoms with Crippen LogP contribution in [0.2, 0.25) is 0 Å². The van der Waals surface area contributed by atoms with Gasteiger partial charge < -0.3 is 9.84 Å². The van der Waals surface area contributed by atoms with Crippen LogP contribution in [0.15, 0.2) is 24.3 Å². The summed E-state index contributed by atoms with van der Waals surface area (Å²) in [7, 11) is 1.66. The number of hydrogen-bond acceptors (Lipinski definition) is 2. The Morgan fingerprint density at radius 3 is 2.44 bits per heavy atom. The number of aliphatic hydroxyl groups is 1. The van der Waals surface area contributed by atoms with Gasteiger partial charge in [-0.1, -0.05) is 19.1 Å². The van der Waals surface area contributed by atoms with Crippen LogP contribution in [0.3, 0.4) is 0 Å². The van der Waals surface area contributed by atoms with E-state index in [2.05, 4.69) is 0 Å². The van der Waals surface area contributed by atoms with Crippen molar-refractivity contribution in [3.05, 3.63) is 35.6 Å². The van der Waals surface area contributed by atoms with Crippen molar-refractivity contribution in [2.75, 3.05) is 7.11 Å².